The van der Waals surface area contributed by atoms with Crippen LogP contribution in [-0.4, -0.2) is 0 Å². The molecule has 11 aromatic carbocycles. The van der Waals surface area contributed by atoms with Crippen LogP contribution in [0.3, 0.4) is 0 Å². The highest BCUT2D eigenvalue weighted by atomic mass is 32.1. The first-order valence-electron chi connectivity index (χ1n) is 23.1. The van der Waals surface area contributed by atoms with E-state index in [0.717, 1.165) is 22.6 Å². The van der Waals surface area contributed by atoms with E-state index in [0.29, 0.717) is 0 Å². The van der Waals surface area contributed by atoms with E-state index in [-0.39, 0.29) is 0 Å². The second-order valence-electron chi connectivity index (χ2n) is 17.6. The molecule has 0 fully saturated rings. The minimum Gasteiger partial charge on any atom is -0.310 e. The van der Waals surface area contributed by atoms with Gasteiger partial charge in [-0.25, -0.2) is 0 Å². The molecule has 1 aliphatic carbocycles. The summed E-state index contributed by atoms with van der Waals surface area (Å²) in [5.41, 5.74) is 17.6. The molecule has 12 aromatic rings. The number of fused-ring (bicyclic) bond motifs is 7. The van der Waals surface area contributed by atoms with Crippen molar-refractivity contribution in [2.24, 2.45) is 0 Å². The molecule has 0 spiro atoms. The second kappa shape index (κ2) is 16.0. The molecule has 1 heterocycles. The summed E-state index contributed by atoms with van der Waals surface area (Å²) in [5.74, 6) is 0. The average molecular weight is 870 g/mol. The third kappa shape index (κ3) is 6.37. The molecule has 1 nitrogen and oxygen atoms in total. The molecular formula is C65H43NS. The predicted molar refractivity (Wildman–Crippen MR) is 285 cm³/mol. The fourth-order valence-corrected chi connectivity index (χ4v) is 12.2. The minimum atomic E-state index is -0.521. The average Bonchev–Trinajstić information content (AvgIpc) is 3.93. The Balaban J connectivity index is 0.995. The van der Waals surface area contributed by atoms with Gasteiger partial charge in [-0.1, -0.05) is 212 Å². The highest BCUT2D eigenvalue weighted by molar-refractivity contribution is 7.26. The standard InChI is InChI=1S/C65H43NS/c1-3-22-49(23-4-1)65(50-24-5-2-6-25-50)61-33-11-9-28-57(61)58-40-39-53(43-62(58)65)66(51-37-35-45(36-38-51)56-31-16-32-60-59-29-10-12-34-63(59)67-64(56)60)52-26-14-20-47(42-52)46-19-13-21-48(41-46)55-30-15-18-44-17-7-8-27-54(44)55/h1-43H. The van der Waals surface area contributed by atoms with E-state index < -0.39 is 5.41 Å². The monoisotopic (exact) mass is 869 g/mol. The molecule has 0 saturated carbocycles. The van der Waals surface area contributed by atoms with E-state index in [1.165, 1.54) is 92.1 Å². The third-order valence-electron chi connectivity index (χ3n) is 13.9. The van der Waals surface area contributed by atoms with Crippen molar-refractivity contribution in [1.29, 1.82) is 0 Å². The van der Waals surface area contributed by atoms with E-state index >= 15 is 0 Å². The maximum Gasteiger partial charge on any atom is 0.0714 e. The van der Waals surface area contributed by atoms with Gasteiger partial charge in [-0.3, -0.25) is 0 Å². The van der Waals surface area contributed by atoms with Gasteiger partial charge >= 0.3 is 0 Å². The number of benzene rings is 11. The van der Waals surface area contributed by atoms with Gasteiger partial charge in [0.05, 0.1) is 5.41 Å². The molecule has 1 aromatic heterocycles. The van der Waals surface area contributed by atoms with E-state index in [9.17, 15) is 0 Å². The number of hydrogen-bond donors (Lipinski definition) is 0. The zero-order valence-electron chi connectivity index (χ0n) is 36.7. The molecule has 67 heavy (non-hydrogen) atoms. The third-order valence-corrected chi connectivity index (χ3v) is 15.2. The van der Waals surface area contributed by atoms with Crippen LogP contribution in [0.5, 0.6) is 0 Å². The van der Waals surface area contributed by atoms with Crippen LogP contribution in [-0.2, 0) is 5.41 Å². The second-order valence-corrected chi connectivity index (χ2v) is 18.6. The van der Waals surface area contributed by atoms with Gasteiger partial charge in [-0.15, -0.1) is 11.3 Å². The summed E-state index contributed by atoms with van der Waals surface area (Å²) in [6.45, 7) is 0. The lowest BCUT2D eigenvalue weighted by atomic mass is 9.67. The first-order chi connectivity index (χ1) is 33.2. The van der Waals surface area contributed by atoms with Crippen LogP contribution >= 0.6 is 11.3 Å². The van der Waals surface area contributed by atoms with Crippen molar-refractivity contribution in [3.05, 3.63) is 283 Å². The topological polar surface area (TPSA) is 3.24 Å². The Morgan fingerprint density at radius 2 is 0.851 bits per heavy atom. The van der Waals surface area contributed by atoms with Crippen molar-refractivity contribution >= 4 is 59.3 Å². The number of rotatable bonds is 8. The summed E-state index contributed by atoms with van der Waals surface area (Å²) in [7, 11) is 0. The fourth-order valence-electron chi connectivity index (χ4n) is 11.0. The van der Waals surface area contributed by atoms with Gasteiger partial charge in [0.2, 0.25) is 0 Å². The smallest absolute Gasteiger partial charge is 0.0714 e. The Kier molecular flexibility index (Phi) is 9.33. The van der Waals surface area contributed by atoms with E-state index in [1.54, 1.807) is 0 Å². The number of anilines is 3. The maximum atomic E-state index is 2.47. The summed E-state index contributed by atoms with van der Waals surface area (Å²) in [4.78, 5) is 2.45. The number of thiophene rings is 1. The zero-order valence-corrected chi connectivity index (χ0v) is 37.5. The Morgan fingerprint density at radius 3 is 1.67 bits per heavy atom. The lowest BCUT2D eigenvalue weighted by molar-refractivity contribution is 0.768. The molecule has 13 rings (SSSR count). The molecule has 0 radical (unpaired) electrons. The van der Waals surface area contributed by atoms with Crippen molar-refractivity contribution in [2.45, 2.75) is 5.41 Å². The van der Waals surface area contributed by atoms with Gasteiger partial charge in [0.1, 0.15) is 0 Å². The summed E-state index contributed by atoms with van der Waals surface area (Å²) in [5, 5.41) is 5.13. The normalized spacial score (nSPS) is 12.6. The zero-order chi connectivity index (χ0) is 44.3. The highest BCUT2D eigenvalue weighted by Crippen LogP contribution is 2.57. The molecule has 0 aliphatic heterocycles. The SMILES string of the molecule is c1ccc(C2(c3ccccc3)c3ccccc3-c3ccc(N(c4ccc(-c5cccc6c5sc5ccccc56)cc4)c4cccc(-c5cccc(-c6cccc7ccccc67)c5)c4)cc32)cc1. The number of hydrogen-bond acceptors (Lipinski definition) is 2. The Bertz CT molecular complexity index is 3760. The summed E-state index contributed by atoms with van der Waals surface area (Å²) in [6.07, 6.45) is 0. The summed E-state index contributed by atoms with van der Waals surface area (Å²) in [6, 6.07) is 96.3. The number of nitrogens with zero attached hydrogens (tertiary/aromatic N) is 1. The van der Waals surface area contributed by atoms with Gasteiger partial charge in [-0.05, 0) is 126 Å². The summed E-state index contributed by atoms with van der Waals surface area (Å²) >= 11 is 1.88. The van der Waals surface area contributed by atoms with E-state index in [4.69, 9.17) is 0 Å². The molecule has 314 valence electrons. The van der Waals surface area contributed by atoms with Crippen LogP contribution in [0, 0.1) is 0 Å². The van der Waals surface area contributed by atoms with Crippen LogP contribution in [0.1, 0.15) is 22.3 Å². The molecule has 0 unspecified atom stereocenters. The highest BCUT2D eigenvalue weighted by Gasteiger charge is 2.46. The quantitative estimate of drug-likeness (QED) is 0.147. The van der Waals surface area contributed by atoms with Crippen LogP contribution in [0.15, 0.2) is 261 Å². The molecule has 0 atom stereocenters. The van der Waals surface area contributed by atoms with E-state index in [2.05, 4.69) is 266 Å². The first kappa shape index (κ1) is 39.1. The van der Waals surface area contributed by atoms with Gasteiger partial charge in [0.15, 0.2) is 0 Å². The Morgan fingerprint density at radius 1 is 0.299 bits per heavy atom. The Labute approximate surface area is 395 Å². The molecular weight excluding hydrogens is 827 g/mol. The molecule has 0 bridgehead atoms. The van der Waals surface area contributed by atoms with Gasteiger partial charge < -0.3 is 4.90 Å². The molecule has 0 amide bonds. The molecule has 1 aliphatic rings. The molecule has 0 N–H and O–H groups in total. The van der Waals surface area contributed by atoms with Crippen LogP contribution in [0.25, 0.3) is 75.5 Å². The lowest BCUT2D eigenvalue weighted by Gasteiger charge is -2.35. The van der Waals surface area contributed by atoms with Gasteiger partial charge in [-0.2, -0.15) is 0 Å². The predicted octanol–water partition coefficient (Wildman–Crippen LogP) is 18.0. The van der Waals surface area contributed by atoms with Crippen LogP contribution in [0.4, 0.5) is 17.1 Å². The minimum absolute atomic E-state index is 0.521. The lowest BCUT2D eigenvalue weighted by Crippen LogP contribution is -2.28. The largest absolute Gasteiger partial charge is 0.310 e. The molecule has 2 heteroatoms. The first-order valence-corrected chi connectivity index (χ1v) is 23.9. The Hall–Kier alpha value is -8.30. The van der Waals surface area contributed by atoms with Crippen molar-refractivity contribution < 1.29 is 0 Å². The summed E-state index contributed by atoms with van der Waals surface area (Å²) < 4.78 is 2.64. The van der Waals surface area contributed by atoms with Gasteiger partial charge in [0, 0.05) is 37.2 Å². The van der Waals surface area contributed by atoms with Crippen molar-refractivity contribution in [1.82, 2.24) is 0 Å². The van der Waals surface area contributed by atoms with Crippen LogP contribution < -0.4 is 4.90 Å². The maximum absolute atomic E-state index is 2.47. The van der Waals surface area contributed by atoms with Crippen molar-refractivity contribution in [3.63, 3.8) is 0 Å². The van der Waals surface area contributed by atoms with Crippen molar-refractivity contribution in [2.75, 3.05) is 4.90 Å². The van der Waals surface area contributed by atoms with Crippen molar-refractivity contribution in [3.8, 4) is 44.5 Å². The fraction of sp³-hybridized carbons (Fsp3) is 0.0154. The molecule has 0 saturated heterocycles. The van der Waals surface area contributed by atoms with E-state index in [1.807, 2.05) is 11.3 Å². The van der Waals surface area contributed by atoms with Crippen LogP contribution in [0.2, 0.25) is 0 Å². The van der Waals surface area contributed by atoms with Gasteiger partial charge in [0.25, 0.3) is 0 Å².